The molecule has 0 aromatic carbocycles. The van der Waals surface area contributed by atoms with Crippen LogP contribution in [0.3, 0.4) is 0 Å². The molecule has 92 valence electrons. The van der Waals surface area contributed by atoms with Gasteiger partial charge in [0.2, 0.25) is 0 Å². The molecule has 1 N–H and O–H groups in total. The summed E-state index contributed by atoms with van der Waals surface area (Å²) in [5.41, 5.74) is 0.825. The van der Waals surface area contributed by atoms with Crippen molar-refractivity contribution < 1.29 is 4.74 Å². The van der Waals surface area contributed by atoms with E-state index in [2.05, 4.69) is 25.9 Å². The summed E-state index contributed by atoms with van der Waals surface area (Å²) in [4.78, 5) is 19.3. The molecule has 0 saturated heterocycles. The molecule has 0 amide bonds. The van der Waals surface area contributed by atoms with Crippen molar-refractivity contribution in [3.63, 3.8) is 0 Å². The smallest absolute Gasteiger partial charge is 0.265 e. The maximum atomic E-state index is 11.9. The number of aromatic amines is 1. The highest BCUT2D eigenvalue weighted by Gasteiger charge is 2.36. The van der Waals surface area contributed by atoms with E-state index in [0.29, 0.717) is 22.1 Å². The average Bonchev–Trinajstić information content (AvgIpc) is 3.15. The van der Waals surface area contributed by atoms with Gasteiger partial charge in [0, 0.05) is 13.0 Å². The van der Waals surface area contributed by atoms with E-state index in [1.165, 1.54) is 0 Å². The lowest BCUT2D eigenvalue weighted by molar-refractivity contribution is 0.0767. The summed E-state index contributed by atoms with van der Waals surface area (Å²) in [6.07, 6.45) is 4.55. The van der Waals surface area contributed by atoms with Gasteiger partial charge < -0.3 is 9.72 Å². The Kier molecular flexibility index (Phi) is 2.83. The molecule has 0 spiro atoms. The summed E-state index contributed by atoms with van der Waals surface area (Å²) in [6.45, 7) is 0. The van der Waals surface area contributed by atoms with Crippen LogP contribution < -0.4 is 5.56 Å². The third-order valence-corrected chi connectivity index (χ3v) is 4.21. The van der Waals surface area contributed by atoms with E-state index >= 15 is 0 Å². The van der Waals surface area contributed by atoms with Gasteiger partial charge in [0.25, 0.3) is 5.56 Å². The number of ether oxygens (including phenoxy) is 1. The van der Waals surface area contributed by atoms with Crippen molar-refractivity contribution in [1.82, 2.24) is 9.97 Å². The summed E-state index contributed by atoms with van der Waals surface area (Å²) < 4.78 is 6.05. The molecule has 1 aromatic rings. The lowest BCUT2D eigenvalue weighted by atomic mass is 10.2. The number of hydrogen-bond donors (Lipinski definition) is 1. The first kappa shape index (κ1) is 11.4. The minimum Gasteiger partial charge on any atom is -0.373 e. The van der Waals surface area contributed by atoms with Crippen molar-refractivity contribution in [1.29, 1.82) is 0 Å². The molecular weight excluding hydrogens is 284 g/mol. The van der Waals surface area contributed by atoms with Crippen LogP contribution >= 0.6 is 15.9 Å². The zero-order valence-corrected chi connectivity index (χ0v) is 11.3. The molecule has 2 fully saturated rings. The standard InChI is InChI=1S/C12H15BrN2O2/c1-17-10(7-4-5-7)11-14-9(6-2-3-6)8(13)12(16)15-11/h6-7,10H,2-5H2,1H3,(H,14,15,16). The van der Waals surface area contributed by atoms with Gasteiger partial charge in [-0.05, 0) is 47.5 Å². The van der Waals surface area contributed by atoms with Crippen LogP contribution in [0.1, 0.15) is 49.2 Å². The molecule has 0 aliphatic heterocycles. The highest BCUT2D eigenvalue weighted by Crippen LogP contribution is 2.44. The van der Waals surface area contributed by atoms with Gasteiger partial charge in [0.15, 0.2) is 0 Å². The molecule has 2 aliphatic rings. The van der Waals surface area contributed by atoms with Gasteiger partial charge in [0.05, 0.1) is 5.69 Å². The Morgan fingerprint density at radius 1 is 1.41 bits per heavy atom. The summed E-state index contributed by atoms with van der Waals surface area (Å²) >= 11 is 3.33. The Labute approximate surface area is 108 Å². The molecule has 2 saturated carbocycles. The number of methoxy groups -OCH3 is 1. The quantitative estimate of drug-likeness (QED) is 0.929. The van der Waals surface area contributed by atoms with Crippen molar-refractivity contribution in [2.75, 3.05) is 7.11 Å². The fraction of sp³-hybridized carbons (Fsp3) is 0.667. The first-order valence-corrected chi connectivity index (χ1v) is 6.82. The number of rotatable bonds is 4. The molecule has 2 aliphatic carbocycles. The molecule has 0 radical (unpaired) electrons. The fourth-order valence-corrected chi connectivity index (χ4v) is 2.69. The number of hydrogen-bond acceptors (Lipinski definition) is 3. The van der Waals surface area contributed by atoms with Crippen LogP contribution in [0.15, 0.2) is 9.27 Å². The van der Waals surface area contributed by atoms with Gasteiger partial charge in [0.1, 0.15) is 16.4 Å². The van der Waals surface area contributed by atoms with Gasteiger partial charge in [-0.25, -0.2) is 4.98 Å². The molecule has 1 atom stereocenters. The number of halogens is 1. The van der Waals surface area contributed by atoms with Crippen molar-refractivity contribution >= 4 is 15.9 Å². The Morgan fingerprint density at radius 2 is 2.12 bits per heavy atom. The van der Waals surface area contributed by atoms with Gasteiger partial charge in [-0.1, -0.05) is 0 Å². The van der Waals surface area contributed by atoms with E-state index in [4.69, 9.17) is 4.74 Å². The molecule has 3 rings (SSSR count). The van der Waals surface area contributed by atoms with Gasteiger partial charge in [-0.2, -0.15) is 0 Å². The van der Waals surface area contributed by atoms with Crippen molar-refractivity contribution in [2.45, 2.75) is 37.7 Å². The fourth-order valence-electron chi connectivity index (χ4n) is 2.18. The number of nitrogens with one attached hydrogen (secondary N) is 1. The minimum atomic E-state index is -0.0837. The van der Waals surface area contributed by atoms with Crippen molar-refractivity contribution in [3.05, 3.63) is 26.3 Å². The predicted octanol–water partition coefficient (Wildman–Crippen LogP) is 2.51. The largest absolute Gasteiger partial charge is 0.373 e. The zero-order valence-electron chi connectivity index (χ0n) is 9.70. The zero-order chi connectivity index (χ0) is 12.0. The summed E-state index contributed by atoms with van der Waals surface area (Å²) in [5.74, 6) is 1.68. The Balaban J connectivity index is 2.01. The van der Waals surface area contributed by atoms with Gasteiger partial charge in [-0.3, -0.25) is 4.79 Å². The Morgan fingerprint density at radius 3 is 2.65 bits per heavy atom. The van der Waals surface area contributed by atoms with E-state index in [9.17, 15) is 4.79 Å². The SMILES string of the molecule is COC(c1nc(C2CC2)c(Br)c(=O)[nH]1)C1CC1. The third kappa shape index (κ3) is 2.18. The van der Waals surface area contributed by atoms with E-state index < -0.39 is 0 Å². The van der Waals surface area contributed by atoms with E-state index in [1.807, 2.05) is 0 Å². The van der Waals surface area contributed by atoms with Gasteiger partial charge >= 0.3 is 0 Å². The molecule has 5 heteroatoms. The molecular formula is C12H15BrN2O2. The van der Waals surface area contributed by atoms with Crippen LogP contribution in [0.25, 0.3) is 0 Å². The first-order chi connectivity index (χ1) is 8.20. The molecule has 1 heterocycles. The van der Waals surface area contributed by atoms with E-state index in [1.54, 1.807) is 7.11 Å². The predicted molar refractivity (Wildman–Crippen MR) is 67.0 cm³/mol. The van der Waals surface area contributed by atoms with Crippen molar-refractivity contribution in [2.24, 2.45) is 5.92 Å². The number of H-pyrrole nitrogens is 1. The van der Waals surface area contributed by atoms with Crippen LogP contribution in [0.2, 0.25) is 0 Å². The van der Waals surface area contributed by atoms with Crippen molar-refractivity contribution in [3.8, 4) is 0 Å². The summed E-state index contributed by atoms with van der Waals surface area (Å²) in [7, 11) is 1.68. The lowest BCUT2D eigenvalue weighted by Gasteiger charge is -2.14. The van der Waals surface area contributed by atoms with E-state index in [0.717, 1.165) is 31.4 Å². The summed E-state index contributed by atoms with van der Waals surface area (Å²) in [5, 5.41) is 0. The molecule has 0 bridgehead atoms. The molecule has 4 nitrogen and oxygen atoms in total. The highest BCUT2D eigenvalue weighted by molar-refractivity contribution is 9.10. The van der Waals surface area contributed by atoms with Gasteiger partial charge in [-0.15, -0.1) is 0 Å². The third-order valence-electron chi connectivity index (χ3n) is 3.44. The number of nitrogens with zero attached hydrogens (tertiary/aromatic N) is 1. The topological polar surface area (TPSA) is 55.0 Å². The Bertz CT molecular complexity index is 492. The van der Waals surface area contributed by atoms with Crippen LogP contribution in [-0.4, -0.2) is 17.1 Å². The maximum absolute atomic E-state index is 11.9. The van der Waals surface area contributed by atoms with E-state index in [-0.39, 0.29) is 11.7 Å². The number of aromatic nitrogens is 2. The maximum Gasteiger partial charge on any atom is 0.265 e. The van der Waals surface area contributed by atoms with Crippen LogP contribution in [0.4, 0.5) is 0 Å². The Hall–Kier alpha value is -0.680. The molecule has 17 heavy (non-hydrogen) atoms. The average molecular weight is 299 g/mol. The molecule has 1 aromatic heterocycles. The minimum absolute atomic E-state index is 0.0479. The lowest BCUT2D eigenvalue weighted by Crippen LogP contribution is -2.19. The van der Waals surface area contributed by atoms with Crippen LogP contribution in [0, 0.1) is 5.92 Å². The second kappa shape index (κ2) is 4.21. The first-order valence-electron chi connectivity index (χ1n) is 6.03. The summed E-state index contributed by atoms with van der Waals surface area (Å²) in [6, 6.07) is 0. The normalized spacial score (nSPS) is 21.5. The van der Waals surface area contributed by atoms with Crippen LogP contribution in [-0.2, 0) is 4.74 Å². The second-order valence-corrected chi connectivity index (χ2v) is 5.71. The van der Waals surface area contributed by atoms with Crippen LogP contribution in [0.5, 0.6) is 0 Å². The molecule has 1 unspecified atom stereocenters. The monoisotopic (exact) mass is 298 g/mol. The second-order valence-electron chi connectivity index (χ2n) is 4.92. The highest BCUT2D eigenvalue weighted by atomic mass is 79.9.